The Morgan fingerprint density at radius 1 is 1.10 bits per heavy atom. The van der Waals surface area contributed by atoms with Crippen LogP contribution in [0.25, 0.3) is 11.0 Å². The number of hydrogen-bond donors (Lipinski definition) is 3. The standard InChI is InChI=1S/C15H10N4O2/c16-8-10-3-1-2-4-11(10)17-14(20)9-5-6-12-13(7-9)19-15(21)18-12/h1-7H,(H,17,20)(H2,18,19,21). The number of aromatic nitrogens is 2. The van der Waals surface area contributed by atoms with Crippen LogP contribution < -0.4 is 11.0 Å². The zero-order valence-electron chi connectivity index (χ0n) is 10.8. The van der Waals surface area contributed by atoms with Crippen molar-refractivity contribution < 1.29 is 4.79 Å². The molecule has 0 atom stereocenters. The normalized spacial score (nSPS) is 10.2. The second-order valence-electron chi connectivity index (χ2n) is 4.45. The Balaban J connectivity index is 1.93. The van der Waals surface area contributed by atoms with Crippen LogP contribution in [0.2, 0.25) is 0 Å². The predicted octanol–water partition coefficient (Wildman–Crippen LogP) is 1.98. The van der Waals surface area contributed by atoms with Gasteiger partial charge in [0.1, 0.15) is 6.07 Å². The van der Waals surface area contributed by atoms with E-state index >= 15 is 0 Å². The Morgan fingerprint density at radius 2 is 1.86 bits per heavy atom. The topological polar surface area (TPSA) is 102 Å². The van der Waals surface area contributed by atoms with Gasteiger partial charge >= 0.3 is 5.69 Å². The number of nitriles is 1. The molecule has 0 saturated carbocycles. The van der Waals surface area contributed by atoms with Gasteiger partial charge in [0.2, 0.25) is 0 Å². The maximum absolute atomic E-state index is 12.2. The Bertz CT molecular complexity index is 930. The van der Waals surface area contributed by atoms with Crippen LogP contribution >= 0.6 is 0 Å². The van der Waals surface area contributed by atoms with Crippen molar-refractivity contribution in [2.24, 2.45) is 0 Å². The van der Waals surface area contributed by atoms with E-state index in [1.165, 1.54) is 0 Å². The molecule has 0 bridgehead atoms. The summed E-state index contributed by atoms with van der Waals surface area (Å²) in [5.74, 6) is -0.346. The summed E-state index contributed by atoms with van der Waals surface area (Å²) in [5.41, 5.74) is 2.10. The summed E-state index contributed by atoms with van der Waals surface area (Å²) in [6.45, 7) is 0. The van der Waals surface area contributed by atoms with Gasteiger partial charge < -0.3 is 15.3 Å². The molecule has 21 heavy (non-hydrogen) atoms. The van der Waals surface area contributed by atoms with E-state index in [0.29, 0.717) is 27.8 Å². The Morgan fingerprint density at radius 3 is 2.67 bits per heavy atom. The number of imidazole rings is 1. The molecule has 1 aromatic heterocycles. The van der Waals surface area contributed by atoms with Crippen LogP contribution in [0.1, 0.15) is 15.9 Å². The summed E-state index contributed by atoms with van der Waals surface area (Å²) < 4.78 is 0. The molecule has 0 aliphatic carbocycles. The molecule has 102 valence electrons. The average Bonchev–Trinajstić information content (AvgIpc) is 2.86. The number of fused-ring (bicyclic) bond motifs is 1. The zero-order valence-corrected chi connectivity index (χ0v) is 10.8. The lowest BCUT2D eigenvalue weighted by molar-refractivity contribution is 0.102. The van der Waals surface area contributed by atoms with Gasteiger partial charge in [-0.2, -0.15) is 5.26 Å². The summed E-state index contributed by atoms with van der Waals surface area (Å²) >= 11 is 0. The fourth-order valence-corrected chi connectivity index (χ4v) is 2.06. The fraction of sp³-hybridized carbons (Fsp3) is 0. The lowest BCUT2D eigenvalue weighted by Gasteiger charge is -2.06. The number of nitrogens with zero attached hydrogens (tertiary/aromatic N) is 1. The number of H-pyrrole nitrogens is 2. The van der Waals surface area contributed by atoms with Crippen LogP contribution in [0, 0.1) is 11.3 Å². The molecule has 0 radical (unpaired) electrons. The summed E-state index contributed by atoms with van der Waals surface area (Å²) in [6, 6.07) is 13.6. The summed E-state index contributed by atoms with van der Waals surface area (Å²) in [5, 5.41) is 11.7. The van der Waals surface area contributed by atoms with Crippen molar-refractivity contribution in [3.63, 3.8) is 0 Å². The lowest BCUT2D eigenvalue weighted by Crippen LogP contribution is -2.12. The number of para-hydroxylation sites is 1. The largest absolute Gasteiger partial charge is 0.323 e. The molecular formula is C15H10N4O2. The van der Waals surface area contributed by atoms with Crippen molar-refractivity contribution in [1.82, 2.24) is 9.97 Å². The second-order valence-corrected chi connectivity index (χ2v) is 4.45. The number of amides is 1. The molecular weight excluding hydrogens is 268 g/mol. The van der Waals surface area contributed by atoms with E-state index in [2.05, 4.69) is 15.3 Å². The van der Waals surface area contributed by atoms with Gasteiger partial charge in [-0.15, -0.1) is 0 Å². The minimum Gasteiger partial charge on any atom is -0.321 e. The molecule has 2 aromatic carbocycles. The van der Waals surface area contributed by atoms with Crippen LogP contribution in [-0.2, 0) is 0 Å². The second kappa shape index (κ2) is 4.98. The van der Waals surface area contributed by atoms with Crippen molar-refractivity contribution in [3.05, 3.63) is 64.1 Å². The van der Waals surface area contributed by atoms with E-state index in [1.54, 1.807) is 42.5 Å². The highest BCUT2D eigenvalue weighted by atomic mass is 16.2. The molecule has 0 fully saturated rings. The van der Waals surface area contributed by atoms with Crippen LogP contribution in [-0.4, -0.2) is 15.9 Å². The quantitative estimate of drug-likeness (QED) is 0.668. The number of aromatic amines is 2. The number of carbonyl (C=O) groups excluding carboxylic acids is 1. The van der Waals surface area contributed by atoms with E-state index < -0.39 is 0 Å². The van der Waals surface area contributed by atoms with E-state index in [4.69, 9.17) is 5.26 Å². The molecule has 0 aliphatic rings. The van der Waals surface area contributed by atoms with Gasteiger partial charge in [0.15, 0.2) is 0 Å². The molecule has 0 spiro atoms. The van der Waals surface area contributed by atoms with Crippen LogP contribution in [0.4, 0.5) is 5.69 Å². The van der Waals surface area contributed by atoms with E-state index in [9.17, 15) is 9.59 Å². The maximum Gasteiger partial charge on any atom is 0.323 e. The highest BCUT2D eigenvalue weighted by Crippen LogP contribution is 2.16. The Hall–Kier alpha value is -3.33. The molecule has 3 rings (SSSR count). The number of benzene rings is 2. The van der Waals surface area contributed by atoms with Gasteiger partial charge in [-0.25, -0.2) is 4.79 Å². The molecule has 6 nitrogen and oxygen atoms in total. The Kier molecular flexibility index (Phi) is 3.01. The Labute approximate surface area is 119 Å². The first-order valence-corrected chi connectivity index (χ1v) is 6.20. The summed E-state index contributed by atoms with van der Waals surface area (Å²) in [7, 11) is 0. The fourth-order valence-electron chi connectivity index (χ4n) is 2.06. The van der Waals surface area contributed by atoms with Crippen LogP contribution in [0.3, 0.4) is 0 Å². The monoisotopic (exact) mass is 278 g/mol. The van der Waals surface area contributed by atoms with E-state index in [0.717, 1.165) is 0 Å². The van der Waals surface area contributed by atoms with Crippen LogP contribution in [0.5, 0.6) is 0 Å². The third-order valence-electron chi connectivity index (χ3n) is 3.07. The third kappa shape index (κ3) is 2.40. The summed E-state index contributed by atoms with van der Waals surface area (Å²) in [4.78, 5) is 28.6. The number of nitrogens with one attached hydrogen (secondary N) is 3. The van der Waals surface area contributed by atoms with Crippen molar-refractivity contribution in [2.45, 2.75) is 0 Å². The first-order valence-electron chi connectivity index (χ1n) is 6.20. The third-order valence-corrected chi connectivity index (χ3v) is 3.07. The van der Waals surface area contributed by atoms with Gasteiger partial charge in [-0.1, -0.05) is 12.1 Å². The minimum atomic E-state index is -0.346. The average molecular weight is 278 g/mol. The molecule has 0 unspecified atom stereocenters. The maximum atomic E-state index is 12.2. The van der Waals surface area contributed by atoms with Crippen molar-refractivity contribution in [1.29, 1.82) is 5.26 Å². The van der Waals surface area contributed by atoms with Gasteiger partial charge in [-0.05, 0) is 30.3 Å². The molecule has 0 saturated heterocycles. The van der Waals surface area contributed by atoms with E-state index in [-0.39, 0.29) is 11.6 Å². The number of rotatable bonds is 2. The predicted molar refractivity (Wildman–Crippen MR) is 78.0 cm³/mol. The SMILES string of the molecule is N#Cc1ccccc1NC(=O)c1ccc2[nH]c(=O)[nH]c2c1. The summed E-state index contributed by atoms with van der Waals surface area (Å²) in [6.07, 6.45) is 0. The number of carbonyl (C=O) groups is 1. The van der Waals surface area contributed by atoms with E-state index in [1.807, 2.05) is 6.07 Å². The van der Waals surface area contributed by atoms with Gasteiger partial charge in [0.05, 0.1) is 22.3 Å². The molecule has 1 amide bonds. The van der Waals surface area contributed by atoms with Gasteiger partial charge in [0.25, 0.3) is 5.91 Å². The highest BCUT2D eigenvalue weighted by molar-refractivity contribution is 6.06. The van der Waals surface area contributed by atoms with Crippen molar-refractivity contribution in [2.75, 3.05) is 5.32 Å². The van der Waals surface area contributed by atoms with Gasteiger partial charge in [0, 0.05) is 5.56 Å². The lowest BCUT2D eigenvalue weighted by atomic mass is 10.1. The molecule has 0 aliphatic heterocycles. The number of anilines is 1. The molecule has 3 aromatic rings. The highest BCUT2D eigenvalue weighted by Gasteiger charge is 2.10. The molecule has 3 N–H and O–H groups in total. The van der Waals surface area contributed by atoms with Crippen molar-refractivity contribution in [3.8, 4) is 6.07 Å². The van der Waals surface area contributed by atoms with Crippen molar-refractivity contribution >= 4 is 22.6 Å². The smallest absolute Gasteiger partial charge is 0.321 e. The first-order chi connectivity index (χ1) is 10.2. The van der Waals surface area contributed by atoms with Gasteiger partial charge in [-0.3, -0.25) is 4.79 Å². The molecule has 6 heteroatoms. The van der Waals surface area contributed by atoms with Crippen LogP contribution in [0.15, 0.2) is 47.3 Å². The number of hydrogen-bond acceptors (Lipinski definition) is 3. The minimum absolute atomic E-state index is 0.322. The molecule has 1 heterocycles. The zero-order chi connectivity index (χ0) is 14.8. The first kappa shape index (κ1) is 12.7.